The molecule has 146 valence electrons. The number of carbonyl (C=O) groups is 4. The normalized spacial score (nSPS) is 23.3. The summed E-state index contributed by atoms with van der Waals surface area (Å²) in [5, 5.41) is 17.2. The molecule has 0 spiro atoms. The van der Waals surface area contributed by atoms with Gasteiger partial charge in [-0.1, -0.05) is 21.6 Å². The summed E-state index contributed by atoms with van der Waals surface area (Å²) in [6.07, 6.45) is -0.0775. The van der Waals surface area contributed by atoms with Crippen molar-refractivity contribution >= 4 is 45.3 Å². The zero-order valence-electron chi connectivity index (χ0n) is 13.9. The van der Waals surface area contributed by atoms with Crippen LogP contribution in [0.4, 0.5) is 0 Å². The van der Waals surface area contributed by atoms with Crippen LogP contribution in [-0.2, 0) is 19.2 Å². The molecule has 2 aliphatic heterocycles. The van der Waals surface area contributed by atoms with Gasteiger partial charge in [-0.3, -0.25) is 19.2 Å². The van der Waals surface area contributed by atoms with Crippen LogP contribution in [0, 0.1) is 0 Å². The number of nitrogens with zero attached hydrogens (tertiary/aromatic N) is 2. The molecule has 2 aliphatic rings. The Morgan fingerprint density at radius 2 is 1.19 bits per heavy atom. The van der Waals surface area contributed by atoms with Crippen molar-refractivity contribution in [2.75, 3.05) is 13.1 Å². The molecule has 0 saturated carbocycles. The first-order valence-corrected chi connectivity index (χ1v) is 10.4. The van der Waals surface area contributed by atoms with E-state index in [-0.39, 0.29) is 48.2 Å². The van der Waals surface area contributed by atoms with Crippen LogP contribution in [0.2, 0.25) is 0 Å². The number of aliphatic carboxylic acids is 2. The zero-order chi connectivity index (χ0) is 19.4. The van der Waals surface area contributed by atoms with E-state index in [4.69, 9.17) is 21.7 Å². The van der Waals surface area contributed by atoms with Crippen molar-refractivity contribution in [2.24, 2.45) is 11.5 Å². The zero-order valence-corrected chi connectivity index (χ0v) is 15.6. The standard InChI is InChI=1S/C14H22N4O6S2/c15-7(1-3-11(19)20)13(23)17-5-9(17)25-26-10-6-18(10)14(24)8(16)2-4-12(21)22/h7-10H,1-6,15-16H2,(H,19,20)(H,21,22). The third-order valence-electron chi connectivity index (χ3n) is 3.95. The summed E-state index contributed by atoms with van der Waals surface area (Å²) in [7, 11) is 2.93. The maximum absolute atomic E-state index is 12.0. The Morgan fingerprint density at radius 1 is 0.846 bits per heavy atom. The van der Waals surface area contributed by atoms with E-state index in [9.17, 15) is 19.2 Å². The average molecular weight is 406 g/mol. The topological polar surface area (TPSA) is 167 Å². The van der Waals surface area contributed by atoms with E-state index < -0.39 is 24.0 Å². The van der Waals surface area contributed by atoms with Gasteiger partial charge >= 0.3 is 11.9 Å². The molecule has 0 radical (unpaired) electrons. The minimum Gasteiger partial charge on any atom is -0.481 e. The Labute approximate surface area is 158 Å². The smallest absolute Gasteiger partial charge is 0.303 e. The largest absolute Gasteiger partial charge is 0.481 e. The Kier molecular flexibility index (Phi) is 7.15. The fourth-order valence-electron chi connectivity index (χ4n) is 2.23. The second-order valence-electron chi connectivity index (χ2n) is 6.16. The van der Waals surface area contributed by atoms with E-state index in [0.717, 1.165) is 0 Å². The number of rotatable bonds is 11. The molecular formula is C14H22N4O6S2. The third kappa shape index (κ3) is 6.04. The van der Waals surface area contributed by atoms with Crippen molar-refractivity contribution in [2.45, 2.75) is 48.5 Å². The van der Waals surface area contributed by atoms with Crippen LogP contribution in [0.25, 0.3) is 0 Å². The van der Waals surface area contributed by atoms with Crippen molar-refractivity contribution in [1.29, 1.82) is 0 Å². The lowest BCUT2D eigenvalue weighted by atomic mass is 10.1. The summed E-state index contributed by atoms with van der Waals surface area (Å²) in [6, 6.07) is -1.62. The molecule has 2 saturated heterocycles. The minimum atomic E-state index is -0.986. The van der Waals surface area contributed by atoms with Gasteiger partial charge in [0.1, 0.15) is 10.7 Å². The number of amides is 2. The van der Waals surface area contributed by atoms with Crippen LogP contribution in [-0.4, -0.2) is 79.7 Å². The van der Waals surface area contributed by atoms with Gasteiger partial charge in [-0.25, -0.2) is 0 Å². The highest BCUT2D eigenvalue weighted by atomic mass is 33.1. The molecule has 0 aromatic heterocycles. The molecule has 26 heavy (non-hydrogen) atoms. The van der Waals surface area contributed by atoms with E-state index in [2.05, 4.69) is 0 Å². The first kappa shape index (κ1) is 20.8. The second kappa shape index (κ2) is 8.93. The summed E-state index contributed by atoms with van der Waals surface area (Å²) in [4.78, 5) is 48.2. The highest BCUT2D eigenvalue weighted by Crippen LogP contribution is 2.45. The number of carbonyl (C=O) groups excluding carboxylic acids is 2. The van der Waals surface area contributed by atoms with Crippen LogP contribution < -0.4 is 11.5 Å². The summed E-state index contributed by atoms with van der Waals surface area (Å²) < 4.78 is 0. The maximum Gasteiger partial charge on any atom is 0.303 e. The van der Waals surface area contributed by atoms with Crippen molar-refractivity contribution in [1.82, 2.24) is 9.80 Å². The van der Waals surface area contributed by atoms with E-state index in [1.807, 2.05) is 0 Å². The quantitative estimate of drug-likeness (QED) is 0.249. The molecule has 10 nitrogen and oxygen atoms in total. The van der Waals surface area contributed by atoms with Gasteiger partial charge in [-0.2, -0.15) is 0 Å². The fraction of sp³-hybridized carbons (Fsp3) is 0.714. The monoisotopic (exact) mass is 406 g/mol. The van der Waals surface area contributed by atoms with E-state index >= 15 is 0 Å². The summed E-state index contributed by atoms with van der Waals surface area (Å²) in [5.74, 6) is -2.49. The van der Waals surface area contributed by atoms with Crippen molar-refractivity contribution in [3.05, 3.63) is 0 Å². The van der Waals surface area contributed by atoms with Crippen molar-refractivity contribution in [3.63, 3.8) is 0 Å². The first-order valence-electron chi connectivity index (χ1n) is 8.08. The molecule has 4 unspecified atom stereocenters. The molecule has 2 heterocycles. The molecule has 2 fully saturated rings. The molecule has 4 atom stereocenters. The molecule has 0 aromatic rings. The van der Waals surface area contributed by atoms with Crippen molar-refractivity contribution in [3.8, 4) is 0 Å². The van der Waals surface area contributed by atoms with E-state index in [1.165, 1.54) is 21.6 Å². The number of hydrogen-bond acceptors (Lipinski definition) is 8. The number of nitrogens with two attached hydrogens (primary N) is 2. The van der Waals surface area contributed by atoms with E-state index in [0.29, 0.717) is 13.1 Å². The molecular weight excluding hydrogens is 384 g/mol. The van der Waals surface area contributed by atoms with Gasteiger partial charge in [0.2, 0.25) is 11.8 Å². The lowest BCUT2D eigenvalue weighted by Gasteiger charge is -2.11. The van der Waals surface area contributed by atoms with Gasteiger partial charge in [0.25, 0.3) is 0 Å². The highest BCUT2D eigenvalue weighted by Gasteiger charge is 2.46. The van der Waals surface area contributed by atoms with E-state index in [1.54, 1.807) is 9.80 Å². The predicted molar refractivity (Wildman–Crippen MR) is 95.9 cm³/mol. The molecule has 2 rings (SSSR count). The fourth-order valence-corrected chi connectivity index (χ4v) is 5.10. The highest BCUT2D eigenvalue weighted by molar-refractivity contribution is 8.77. The lowest BCUT2D eigenvalue weighted by Crippen LogP contribution is -2.36. The van der Waals surface area contributed by atoms with Crippen LogP contribution in [0.15, 0.2) is 0 Å². The lowest BCUT2D eigenvalue weighted by molar-refractivity contribution is -0.138. The molecule has 2 amide bonds. The molecule has 0 aromatic carbocycles. The minimum absolute atomic E-state index is 0.0263. The Bertz CT molecular complexity index is 542. The predicted octanol–water partition coefficient (Wildman–Crippen LogP) is -0.911. The molecule has 12 heteroatoms. The molecule has 0 aliphatic carbocycles. The van der Waals surface area contributed by atoms with Gasteiger partial charge in [0.05, 0.1) is 25.2 Å². The summed E-state index contributed by atoms with van der Waals surface area (Å²) >= 11 is 0. The van der Waals surface area contributed by atoms with Gasteiger partial charge in [0, 0.05) is 12.8 Å². The maximum atomic E-state index is 12.0. The number of carboxylic acid groups (broad SMARTS) is 2. The Morgan fingerprint density at radius 3 is 1.50 bits per heavy atom. The second-order valence-corrected chi connectivity index (χ2v) is 8.79. The SMILES string of the molecule is NC(CCC(=O)O)C(=O)N1CC1SSC1CN1C(=O)C(N)CCC(=O)O. The van der Waals surface area contributed by atoms with Crippen LogP contribution >= 0.6 is 21.6 Å². The average Bonchev–Trinajstić information content (AvgIpc) is 3.48. The Balaban J connectivity index is 1.63. The first-order chi connectivity index (χ1) is 12.2. The number of hydrogen-bond donors (Lipinski definition) is 4. The molecule has 0 bridgehead atoms. The molecule has 6 N–H and O–H groups in total. The summed E-state index contributed by atoms with van der Waals surface area (Å²) in [6.45, 7) is 1.10. The Hall–Kier alpha value is -1.50. The summed E-state index contributed by atoms with van der Waals surface area (Å²) in [5.41, 5.74) is 11.4. The van der Waals surface area contributed by atoms with Gasteiger partial charge < -0.3 is 31.5 Å². The third-order valence-corrected chi connectivity index (χ3v) is 6.98. The number of carboxylic acids is 2. The van der Waals surface area contributed by atoms with Crippen LogP contribution in [0.1, 0.15) is 25.7 Å². The van der Waals surface area contributed by atoms with Crippen LogP contribution in [0.3, 0.4) is 0 Å². The van der Waals surface area contributed by atoms with Crippen molar-refractivity contribution < 1.29 is 29.4 Å². The van der Waals surface area contributed by atoms with Crippen LogP contribution in [0.5, 0.6) is 0 Å². The van der Waals surface area contributed by atoms with Gasteiger partial charge in [-0.05, 0) is 12.8 Å². The van der Waals surface area contributed by atoms with Gasteiger partial charge in [-0.15, -0.1) is 0 Å². The van der Waals surface area contributed by atoms with Gasteiger partial charge in [0.15, 0.2) is 0 Å².